The molecule has 2 saturated heterocycles. The molecule has 2 fully saturated rings. The average molecular weight is 310 g/mol. The van der Waals surface area contributed by atoms with Gasteiger partial charge in [-0.05, 0) is 40.5 Å². The summed E-state index contributed by atoms with van der Waals surface area (Å²) in [5, 5.41) is 6.91. The maximum absolute atomic E-state index is 12.8. The monoisotopic (exact) mass is 310 g/mol. The van der Waals surface area contributed by atoms with E-state index in [0.29, 0.717) is 0 Å². The molecule has 128 valence electrons. The van der Waals surface area contributed by atoms with Gasteiger partial charge in [-0.3, -0.25) is 4.79 Å². The molecule has 0 aromatic heterocycles. The van der Waals surface area contributed by atoms with Crippen LogP contribution in [-0.2, 0) is 9.53 Å². The number of piperidine rings is 1. The molecular weight excluding hydrogens is 276 g/mol. The van der Waals surface area contributed by atoms with E-state index in [-0.39, 0.29) is 17.0 Å². The van der Waals surface area contributed by atoms with Crippen molar-refractivity contribution in [2.24, 2.45) is 0 Å². The molecule has 4 heteroatoms. The smallest absolute Gasteiger partial charge is 0.254 e. The zero-order valence-electron chi connectivity index (χ0n) is 15.3. The van der Waals surface area contributed by atoms with Crippen LogP contribution < -0.4 is 10.6 Å². The summed E-state index contributed by atoms with van der Waals surface area (Å²) in [5.74, 6) is 0.0969. The van der Waals surface area contributed by atoms with Gasteiger partial charge in [0.1, 0.15) is 11.3 Å². The van der Waals surface area contributed by atoms with E-state index in [2.05, 4.69) is 52.2 Å². The van der Waals surface area contributed by atoms with Crippen molar-refractivity contribution in [3.63, 3.8) is 0 Å². The van der Waals surface area contributed by atoms with Gasteiger partial charge in [0.05, 0.1) is 0 Å². The lowest BCUT2D eigenvalue weighted by Gasteiger charge is -2.51. The molecule has 2 aliphatic rings. The topological polar surface area (TPSA) is 50.4 Å². The van der Waals surface area contributed by atoms with Gasteiger partial charge in [0.25, 0.3) is 5.91 Å². The van der Waals surface area contributed by atoms with Crippen LogP contribution in [0.1, 0.15) is 86.5 Å². The first-order valence-electron chi connectivity index (χ1n) is 8.90. The SMILES string of the molecule is CCCCCC1(CC)OC2(CC(C)(C)NC(C)(C)C2)NC1=O. The molecule has 0 bridgehead atoms. The van der Waals surface area contributed by atoms with E-state index in [4.69, 9.17) is 4.74 Å². The highest BCUT2D eigenvalue weighted by Crippen LogP contribution is 2.45. The van der Waals surface area contributed by atoms with Crippen molar-refractivity contribution in [3.05, 3.63) is 0 Å². The quantitative estimate of drug-likeness (QED) is 0.764. The van der Waals surface area contributed by atoms with Crippen LogP contribution in [0.5, 0.6) is 0 Å². The van der Waals surface area contributed by atoms with E-state index in [1.54, 1.807) is 0 Å². The Bertz CT molecular complexity index is 415. The molecule has 2 heterocycles. The fourth-order valence-corrected chi connectivity index (χ4v) is 4.66. The Morgan fingerprint density at radius 2 is 1.64 bits per heavy atom. The van der Waals surface area contributed by atoms with Crippen molar-refractivity contribution in [1.82, 2.24) is 10.6 Å². The van der Waals surface area contributed by atoms with Crippen LogP contribution in [0.4, 0.5) is 0 Å². The van der Waals surface area contributed by atoms with Crippen molar-refractivity contribution in [2.45, 2.75) is 109 Å². The molecule has 0 aromatic rings. The van der Waals surface area contributed by atoms with Gasteiger partial charge < -0.3 is 15.4 Å². The third-order valence-electron chi connectivity index (χ3n) is 5.03. The normalized spacial score (nSPS) is 32.2. The first-order chi connectivity index (χ1) is 10.1. The maximum atomic E-state index is 12.8. The Morgan fingerprint density at radius 3 is 2.14 bits per heavy atom. The summed E-state index contributed by atoms with van der Waals surface area (Å²) >= 11 is 0. The van der Waals surface area contributed by atoms with Crippen LogP contribution in [0, 0.1) is 0 Å². The zero-order chi connectivity index (χ0) is 16.6. The third-order valence-corrected chi connectivity index (χ3v) is 5.03. The lowest BCUT2D eigenvalue weighted by Crippen LogP contribution is -2.66. The number of rotatable bonds is 5. The molecule has 0 aliphatic carbocycles. The fraction of sp³-hybridized carbons (Fsp3) is 0.944. The number of ether oxygens (including phenoxy) is 1. The zero-order valence-corrected chi connectivity index (χ0v) is 15.3. The Balaban J connectivity index is 2.22. The van der Waals surface area contributed by atoms with Crippen LogP contribution >= 0.6 is 0 Å². The highest BCUT2D eigenvalue weighted by molar-refractivity contribution is 5.87. The van der Waals surface area contributed by atoms with E-state index in [9.17, 15) is 4.79 Å². The highest BCUT2D eigenvalue weighted by atomic mass is 16.6. The second-order valence-corrected chi connectivity index (χ2v) is 8.60. The molecule has 2 rings (SSSR count). The van der Waals surface area contributed by atoms with Crippen molar-refractivity contribution in [1.29, 1.82) is 0 Å². The Hall–Kier alpha value is -0.610. The molecule has 1 atom stereocenters. The number of nitrogens with one attached hydrogen (secondary N) is 2. The van der Waals surface area contributed by atoms with Gasteiger partial charge in [-0.2, -0.15) is 0 Å². The van der Waals surface area contributed by atoms with Gasteiger partial charge in [0.15, 0.2) is 0 Å². The summed E-state index contributed by atoms with van der Waals surface area (Å²) in [6.07, 6.45) is 6.58. The van der Waals surface area contributed by atoms with Crippen LogP contribution in [0.25, 0.3) is 0 Å². The van der Waals surface area contributed by atoms with Gasteiger partial charge in [-0.15, -0.1) is 0 Å². The van der Waals surface area contributed by atoms with Crippen molar-refractivity contribution < 1.29 is 9.53 Å². The van der Waals surface area contributed by atoms with Gasteiger partial charge >= 0.3 is 0 Å². The Morgan fingerprint density at radius 1 is 1.05 bits per heavy atom. The van der Waals surface area contributed by atoms with E-state index >= 15 is 0 Å². The number of carbonyl (C=O) groups is 1. The van der Waals surface area contributed by atoms with Crippen LogP contribution in [0.3, 0.4) is 0 Å². The Labute approximate surface area is 135 Å². The number of hydrogen-bond acceptors (Lipinski definition) is 3. The van der Waals surface area contributed by atoms with Gasteiger partial charge in [0.2, 0.25) is 0 Å². The minimum atomic E-state index is -0.626. The first-order valence-corrected chi connectivity index (χ1v) is 8.90. The fourth-order valence-electron chi connectivity index (χ4n) is 4.66. The van der Waals surface area contributed by atoms with E-state index in [0.717, 1.165) is 44.9 Å². The average Bonchev–Trinajstić information content (AvgIpc) is 2.57. The van der Waals surface area contributed by atoms with Crippen LogP contribution in [0.15, 0.2) is 0 Å². The molecular formula is C18H34N2O2. The van der Waals surface area contributed by atoms with Gasteiger partial charge in [-0.25, -0.2) is 0 Å². The van der Waals surface area contributed by atoms with E-state index in [1.807, 2.05) is 0 Å². The molecule has 1 unspecified atom stereocenters. The predicted octanol–water partition coefficient (Wildman–Crippen LogP) is 3.50. The summed E-state index contributed by atoms with van der Waals surface area (Å²) in [6.45, 7) is 13.0. The largest absolute Gasteiger partial charge is 0.339 e. The Kier molecular flexibility index (Phi) is 4.67. The lowest BCUT2D eigenvalue weighted by atomic mass is 9.77. The van der Waals surface area contributed by atoms with Crippen LogP contribution in [-0.4, -0.2) is 28.3 Å². The first kappa shape index (κ1) is 17.7. The lowest BCUT2D eigenvalue weighted by molar-refractivity contribution is -0.161. The number of carbonyl (C=O) groups excluding carboxylic acids is 1. The second kappa shape index (κ2) is 5.79. The minimum absolute atomic E-state index is 0.0533. The standard InChI is InChI=1S/C18H34N2O2/c1-7-9-10-11-17(8-2)14(21)19-18(22-17)12-15(3,4)20-16(5,6)13-18/h20H,7-13H2,1-6H3,(H,19,21). The highest BCUT2D eigenvalue weighted by Gasteiger charge is 2.59. The minimum Gasteiger partial charge on any atom is -0.339 e. The molecule has 4 nitrogen and oxygen atoms in total. The van der Waals surface area contributed by atoms with E-state index < -0.39 is 11.3 Å². The molecule has 0 radical (unpaired) electrons. The predicted molar refractivity (Wildman–Crippen MR) is 89.7 cm³/mol. The number of amides is 1. The van der Waals surface area contributed by atoms with Crippen molar-refractivity contribution >= 4 is 5.91 Å². The second-order valence-electron chi connectivity index (χ2n) is 8.60. The molecule has 1 spiro atoms. The molecule has 0 aromatic carbocycles. The molecule has 0 saturated carbocycles. The molecule has 22 heavy (non-hydrogen) atoms. The maximum Gasteiger partial charge on any atom is 0.254 e. The summed E-state index contributed by atoms with van der Waals surface area (Å²) < 4.78 is 6.56. The summed E-state index contributed by atoms with van der Waals surface area (Å²) in [7, 11) is 0. The molecule has 2 aliphatic heterocycles. The van der Waals surface area contributed by atoms with Gasteiger partial charge in [0, 0.05) is 23.9 Å². The molecule has 2 N–H and O–H groups in total. The third kappa shape index (κ3) is 3.48. The van der Waals surface area contributed by atoms with Crippen LogP contribution in [0.2, 0.25) is 0 Å². The molecule has 1 amide bonds. The van der Waals surface area contributed by atoms with Crippen molar-refractivity contribution in [2.75, 3.05) is 0 Å². The van der Waals surface area contributed by atoms with E-state index in [1.165, 1.54) is 0 Å². The summed E-state index contributed by atoms with van der Waals surface area (Å²) in [6, 6.07) is 0. The summed E-state index contributed by atoms with van der Waals surface area (Å²) in [4.78, 5) is 12.8. The number of unbranched alkanes of at least 4 members (excludes halogenated alkanes) is 2. The number of hydrogen-bond donors (Lipinski definition) is 2. The van der Waals surface area contributed by atoms with Crippen molar-refractivity contribution in [3.8, 4) is 0 Å². The van der Waals surface area contributed by atoms with Gasteiger partial charge in [-0.1, -0.05) is 33.1 Å². The summed E-state index contributed by atoms with van der Waals surface area (Å²) in [5.41, 5.74) is -1.25.